The molecule has 0 bridgehead atoms. The average Bonchev–Trinajstić information content (AvgIpc) is 2.44. The quantitative estimate of drug-likeness (QED) is 0.495. The van der Waals surface area contributed by atoms with Gasteiger partial charge in [0.25, 0.3) is 0 Å². The van der Waals surface area contributed by atoms with Gasteiger partial charge in [0.2, 0.25) is 11.6 Å². The molecular formula is C14H11BrO3. The van der Waals surface area contributed by atoms with Crippen molar-refractivity contribution in [1.82, 2.24) is 0 Å². The highest BCUT2D eigenvalue weighted by Gasteiger charge is 2.14. The van der Waals surface area contributed by atoms with Gasteiger partial charge in [0.1, 0.15) is 5.75 Å². The number of alkyl halides is 1. The molecule has 0 saturated carbocycles. The van der Waals surface area contributed by atoms with E-state index in [1.54, 1.807) is 19.2 Å². The van der Waals surface area contributed by atoms with Crippen LogP contribution in [0.1, 0.15) is 10.4 Å². The number of ketones is 2. The number of benzene rings is 2. The fraction of sp³-hybridized carbons (Fsp3) is 0.143. The summed E-state index contributed by atoms with van der Waals surface area (Å²) >= 11 is 2.99. The number of carbonyl (C=O) groups excluding carboxylic acids is 2. The van der Waals surface area contributed by atoms with Gasteiger partial charge in [-0.05, 0) is 29.0 Å². The van der Waals surface area contributed by atoms with E-state index in [1.807, 2.05) is 24.3 Å². The molecule has 0 fully saturated rings. The number of Topliss-reactive ketones (excluding diaryl/α,β-unsaturated/α-hetero) is 2. The molecule has 2 rings (SSSR count). The van der Waals surface area contributed by atoms with Gasteiger partial charge >= 0.3 is 0 Å². The Balaban J connectivity index is 2.45. The first kappa shape index (κ1) is 12.8. The maximum atomic E-state index is 11.7. The molecule has 0 atom stereocenters. The molecule has 0 unspecified atom stereocenters. The second-order valence-corrected chi connectivity index (χ2v) is 4.37. The summed E-state index contributed by atoms with van der Waals surface area (Å²) in [6.45, 7) is 0. The van der Waals surface area contributed by atoms with E-state index in [-0.39, 0.29) is 5.33 Å². The van der Waals surface area contributed by atoms with Crippen molar-refractivity contribution in [2.45, 2.75) is 0 Å². The predicted octanol–water partition coefficient (Wildman–Crippen LogP) is 3.00. The predicted molar refractivity (Wildman–Crippen MR) is 73.6 cm³/mol. The molecule has 18 heavy (non-hydrogen) atoms. The van der Waals surface area contributed by atoms with Crippen molar-refractivity contribution in [3.8, 4) is 5.75 Å². The number of rotatable bonds is 4. The van der Waals surface area contributed by atoms with E-state index in [4.69, 9.17) is 4.74 Å². The van der Waals surface area contributed by atoms with E-state index >= 15 is 0 Å². The second-order valence-electron chi connectivity index (χ2n) is 3.81. The Morgan fingerprint density at radius 3 is 2.44 bits per heavy atom. The van der Waals surface area contributed by atoms with Crippen LogP contribution in [-0.4, -0.2) is 24.0 Å². The van der Waals surface area contributed by atoms with Gasteiger partial charge in [0, 0.05) is 5.56 Å². The summed E-state index contributed by atoms with van der Waals surface area (Å²) < 4.78 is 5.13. The van der Waals surface area contributed by atoms with Crippen LogP contribution in [0, 0.1) is 0 Å². The lowest BCUT2D eigenvalue weighted by atomic mass is 10.0. The third kappa shape index (κ3) is 2.43. The number of carbonyl (C=O) groups is 2. The van der Waals surface area contributed by atoms with Crippen molar-refractivity contribution in [3.05, 3.63) is 42.0 Å². The van der Waals surface area contributed by atoms with Crippen molar-refractivity contribution in [3.63, 3.8) is 0 Å². The van der Waals surface area contributed by atoms with E-state index < -0.39 is 11.6 Å². The van der Waals surface area contributed by atoms with Crippen LogP contribution in [0.4, 0.5) is 0 Å². The first-order valence-corrected chi connectivity index (χ1v) is 6.49. The molecule has 2 aromatic rings. The first-order valence-electron chi connectivity index (χ1n) is 5.37. The summed E-state index contributed by atoms with van der Waals surface area (Å²) in [4.78, 5) is 23.1. The van der Waals surface area contributed by atoms with Gasteiger partial charge in [-0.3, -0.25) is 9.59 Å². The van der Waals surface area contributed by atoms with E-state index in [1.165, 1.54) is 0 Å². The fourth-order valence-electron chi connectivity index (χ4n) is 1.71. The third-order valence-corrected chi connectivity index (χ3v) is 3.19. The molecule has 0 radical (unpaired) electrons. The monoisotopic (exact) mass is 306 g/mol. The highest BCUT2D eigenvalue weighted by molar-refractivity contribution is 9.09. The SMILES string of the molecule is COc1ccc2cc(C(=O)C(=O)CBr)ccc2c1. The Hall–Kier alpha value is -1.68. The summed E-state index contributed by atoms with van der Waals surface area (Å²) in [6.07, 6.45) is 0. The van der Waals surface area contributed by atoms with Crippen LogP contribution in [0.3, 0.4) is 0 Å². The van der Waals surface area contributed by atoms with Crippen LogP contribution in [0.2, 0.25) is 0 Å². The molecule has 2 aromatic carbocycles. The summed E-state index contributed by atoms with van der Waals surface area (Å²) in [5, 5.41) is 1.92. The Morgan fingerprint density at radius 2 is 1.78 bits per heavy atom. The van der Waals surface area contributed by atoms with E-state index in [0.717, 1.165) is 16.5 Å². The Labute approximate surface area is 113 Å². The van der Waals surface area contributed by atoms with Crippen LogP contribution in [0.25, 0.3) is 10.8 Å². The number of methoxy groups -OCH3 is 1. The maximum absolute atomic E-state index is 11.7. The zero-order chi connectivity index (χ0) is 13.1. The highest BCUT2D eigenvalue weighted by atomic mass is 79.9. The van der Waals surface area contributed by atoms with Crippen molar-refractivity contribution in [2.75, 3.05) is 12.4 Å². The van der Waals surface area contributed by atoms with Gasteiger partial charge in [-0.2, -0.15) is 0 Å². The van der Waals surface area contributed by atoms with Crippen LogP contribution in [0.15, 0.2) is 36.4 Å². The van der Waals surface area contributed by atoms with Crippen LogP contribution < -0.4 is 4.74 Å². The van der Waals surface area contributed by atoms with Crippen LogP contribution >= 0.6 is 15.9 Å². The molecule has 0 aliphatic carbocycles. The fourth-order valence-corrected chi connectivity index (χ4v) is 1.97. The zero-order valence-corrected chi connectivity index (χ0v) is 11.4. The van der Waals surface area contributed by atoms with E-state index in [9.17, 15) is 9.59 Å². The van der Waals surface area contributed by atoms with E-state index in [2.05, 4.69) is 15.9 Å². The lowest BCUT2D eigenvalue weighted by molar-refractivity contribution is -0.112. The molecule has 0 N–H and O–H groups in total. The van der Waals surface area contributed by atoms with Gasteiger partial charge in [0.05, 0.1) is 12.4 Å². The van der Waals surface area contributed by atoms with Crippen LogP contribution in [-0.2, 0) is 4.79 Å². The molecule has 0 heterocycles. The Bertz CT molecular complexity index is 619. The molecular weight excluding hydrogens is 296 g/mol. The molecule has 0 aliphatic rings. The second kappa shape index (κ2) is 5.31. The number of fused-ring (bicyclic) bond motifs is 1. The number of halogens is 1. The standard InChI is InChI=1S/C14H11BrO3/c1-18-12-5-4-9-6-11(3-2-10(9)7-12)14(17)13(16)8-15/h2-7H,8H2,1H3. The Kier molecular flexibility index (Phi) is 3.77. The summed E-state index contributed by atoms with van der Waals surface area (Å²) in [7, 11) is 1.60. The third-order valence-electron chi connectivity index (χ3n) is 2.68. The molecule has 0 aromatic heterocycles. The summed E-state index contributed by atoms with van der Waals surface area (Å²) in [6, 6.07) is 10.8. The van der Waals surface area contributed by atoms with E-state index in [0.29, 0.717) is 5.56 Å². The summed E-state index contributed by atoms with van der Waals surface area (Å²) in [5.74, 6) is -0.148. The van der Waals surface area contributed by atoms with Gasteiger partial charge in [-0.1, -0.05) is 34.1 Å². The normalized spacial score (nSPS) is 10.3. The maximum Gasteiger partial charge on any atom is 0.229 e. The molecule has 3 nitrogen and oxygen atoms in total. The number of hydrogen-bond donors (Lipinski definition) is 0. The molecule has 0 saturated heterocycles. The largest absolute Gasteiger partial charge is 0.497 e. The lowest BCUT2D eigenvalue weighted by Gasteiger charge is -2.04. The van der Waals surface area contributed by atoms with Crippen LogP contribution in [0.5, 0.6) is 5.75 Å². The molecule has 0 spiro atoms. The van der Waals surface area contributed by atoms with Gasteiger partial charge in [-0.15, -0.1) is 0 Å². The molecule has 92 valence electrons. The lowest BCUT2D eigenvalue weighted by Crippen LogP contribution is -2.14. The minimum Gasteiger partial charge on any atom is -0.497 e. The zero-order valence-electron chi connectivity index (χ0n) is 9.77. The van der Waals surface area contributed by atoms with Crippen molar-refractivity contribution in [1.29, 1.82) is 0 Å². The minimum absolute atomic E-state index is 0.0481. The molecule has 4 heteroatoms. The van der Waals surface area contributed by atoms with Crippen molar-refractivity contribution >= 4 is 38.3 Å². The first-order chi connectivity index (χ1) is 8.65. The molecule has 0 aliphatic heterocycles. The topological polar surface area (TPSA) is 43.4 Å². The number of ether oxygens (including phenoxy) is 1. The van der Waals surface area contributed by atoms with Gasteiger partial charge < -0.3 is 4.74 Å². The highest BCUT2D eigenvalue weighted by Crippen LogP contribution is 2.22. The molecule has 0 amide bonds. The average molecular weight is 307 g/mol. The van der Waals surface area contributed by atoms with Crippen molar-refractivity contribution < 1.29 is 14.3 Å². The van der Waals surface area contributed by atoms with Gasteiger partial charge in [0.15, 0.2) is 0 Å². The number of hydrogen-bond acceptors (Lipinski definition) is 3. The smallest absolute Gasteiger partial charge is 0.229 e. The minimum atomic E-state index is -0.468. The van der Waals surface area contributed by atoms with Gasteiger partial charge in [-0.25, -0.2) is 0 Å². The van der Waals surface area contributed by atoms with Crippen molar-refractivity contribution in [2.24, 2.45) is 0 Å². The summed E-state index contributed by atoms with van der Waals surface area (Å²) in [5.41, 5.74) is 0.414. The Morgan fingerprint density at radius 1 is 1.11 bits per heavy atom.